The van der Waals surface area contributed by atoms with E-state index in [4.69, 9.17) is 0 Å². The zero-order valence-corrected chi connectivity index (χ0v) is 22.4. The van der Waals surface area contributed by atoms with Crippen molar-refractivity contribution in [3.63, 3.8) is 0 Å². The maximum absolute atomic E-state index is 2.36. The van der Waals surface area contributed by atoms with Gasteiger partial charge >= 0.3 is 0 Å². The van der Waals surface area contributed by atoms with Gasteiger partial charge in [0.25, 0.3) is 0 Å². The average Bonchev–Trinajstić information content (AvgIpc) is 2.85. The van der Waals surface area contributed by atoms with Gasteiger partial charge in [0.05, 0.1) is 0 Å². The van der Waals surface area contributed by atoms with Gasteiger partial charge < -0.3 is 0 Å². The molecule has 182 valence electrons. The highest BCUT2D eigenvalue weighted by molar-refractivity contribution is 5.31. The fourth-order valence-corrected chi connectivity index (χ4v) is 3.65. The summed E-state index contributed by atoms with van der Waals surface area (Å²) in [7, 11) is 0. The van der Waals surface area contributed by atoms with Crippen molar-refractivity contribution in [2.75, 3.05) is 0 Å². The van der Waals surface area contributed by atoms with E-state index in [9.17, 15) is 0 Å². The third kappa shape index (κ3) is 17.0. The molecule has 0 heterocycles. The molecular weight excluding hydrogens is 384 g/mol. The number of hydrogen-bond acceptors (Lipinski definition) is 0. The molecule has 0 aliphatic rings. The summed E-state index contributed by atoms with van der Waals surface area (Å²) >= 11 is 0. The summed E-state index contributed by atoms with van der Waals surface area (Å²) in [4.78, 5) is 0. The molecule has 0 aliphatic carbocycles. The molecule has 0 spiro atoms. The van der Waals surface area contributed by atoms with Gasteiger partial charge in [-0.2, -0.15) is 0 Å². The van der Waals surface area contributed by atoms with Crippen LogP contribution in [0.4, 0.5) is 0 Å². The predicted molar refractivity (Wildman–Crippen MR) is 148 cm³/mol. The minimum Gasteiger partial charge on any atom is -0.0654 e. The molecule has 1 unspecified atom stereocenters. The molecule has 0 amide bonds. The fourth-order valence-electron chi connectivity index (χ4n) is 3.65. The first kappa shape index (κ1) is 30.4. The normalized spacial score (nSPS) is 11.2. The second kappa shape index (κ2) is 22.6. The minimum absolute atomic E-state index is 0.484. The molecule has 0 nitrogen and oxygen atoms in total. The zero-order chi connectivity index (χ0) is 23.9. The second-order valence-electron chi connectivity index (χ2n) is 9.32. The van der Waals surface area contributed by atoms with Gasteiger partial charge in [-0.1, -0.05) is 179 Å². The predicted octanol–water partition coefficient (Wildman–Crippen LogP) is 11.2. The van der Waals surface area contributed by atoms with Crippen molar-refractivity contribution in [3.8, 4) is 0 Å². The molecule has 2 rings (SSSR count). The van der Waals surface area contributed by atoms with E-state index in [1.165, 1.54) is 88.2 Å². The lowest BCUT2D eigenvalue weighted by atomic mass is 9.93. The van der Waals surface area contributed by atoms with Crippen molar-refractivity contribution in [1.29, 1.82) is 0 Å². The van der Waals surface area contributed by atoms with E-state index < -0.39 is 0 Å². The van der Waals surface area contributed by atoms with Crippen LogP contribution in [0, 0.1) is 5.92 Å². The summed E-state index contributed by atoms with van der Waals surface area (Å²) in [5, 5.41) is 0. The Kier molecular flexibility index (Phi) is 21.5. The smallest absolute Gasteiger partial charge is 0.00610 e. The lowest BCUT2D eigenvalue weighted by Crippen LogP contribution is -1.94. The molecule has 0 N–H and O–H groups in total. The molecule has 0 aliphatic heterocycles. The van der Waals surface area contributed by atoms with Crippen molar-refractivity contribution in [2.24, 2.45) is 5.92 Å². The third-order valence-electron chi connectivity index (χ3n) is 6.30. The van der Waals surface area contributed by atoms with E-state index >= 15 is 0 Å². The molecule has 0 fully saturated rings. The van der Waals surface area contributed by atoms with Gasteiger partial charge in [-0.05, 0) is 17.0 Å². The first-order valence-electron chi connectivity index (χ1n) is 13.7. The van der Waals surface area contributed by atoms with Crippen LogP contribution in [0.3, 0.4) is 0 Å². The van der Waals surface area contributed by atoms with Crippen LogP contribution in [0.15, 0.2) is 60.7 Å². The summed E-state index contributed by atoms with van der Waals surface area (Å²) < 4.78 is 0. The summed E-state index contributed by atoms with van der Waals surface area (Å²) in [6.45, 7) is 13.7. The number of benzene rings is 2. The molecule has 1 atom stereocenters. The Bertz CT molecular complexity index is 542. The zero-order valence-electron chi connectivity index (χ0n) is 22.4. The first-order chi connectivity index (χ1) is 15.6. The largest absolute Gasteiger partial charge is 0.0654 e. The highest BCUT2D eigenvalue weighted by Gasteiger charge is 2.05. The Balaban J connectivity index is 0.000000480. The Hall–Kier alpha value is -1.56. The molecule has 0 aromatic heterocycles. The highest BCUT2D eigenvalue weighted by atomic mass is 14.1. The van der Waals surface area contributed by atoms with Crippen LogP contribution >= 0.6 is 0 Å². The minimum atomic E-state index is 0.484. The Labute approximate surface area is 202 Å². The molecular formula is C32H54. The lowest BCUT2D eigenvalue weighted by Gasteiger charge is -2.11. The van der Waals surface area contributed by atoms with Crippen LogP contribution in [-0.2, 0) is 0 Å². The highest BCUT2D eigenvalue weighted by Crippen LogP contribution is 2.22. The van der Waals surface area contributed by atoms with Crippen molar-refractivity contribution in [3.05, 3.63) is 71.8 Å². The molecule has 0 heteroatoms. The van der Waals surface area contributed by atoms with Gasteiger partial charge in [-0.25, -0.2) is 0 Å². The van der Waals surface area contributed by atoms with Crippen LogP contribution in [0.5, 0.6) is 0 Å². The molecule has 2 aromatic carbocycles. The van der Waals surface area contributed by atoms with Crippen molar-refractivity contribution >= 4 is 0 Å². The van der Waals surface area contributed by atoms with Gasteiger partial charge in [-0.15, -0.1) is 0 Å². The molecule has 0 saturated heterocycles. The van der Waals surface area contributed by atoms with E-state index in [0.717, 1.165) is 5.92 Å². The van der Waals surface area contributed by atoms with Crippen LogP contribution in [0.2, 0.25) is 0 Å². The quantitative estimate of drug-likeness (QED) is 0.273. The van der Waals surface area contributed by atoms with Gasteiger partial charge in [0, 0.05) is 5.92 Å². The van der Waals surface area contributed by atoms with Gasteiger partial charge in [-0.3, -0.25) is 0 Å². The monoisotopic (exact) mass is 438 g/mol. The van der Waals surface area contributed by atoms with Crippen molar-refractivity contribution < 1.29 is 0 Å². The summed E-state index contributed by atoms with van der Waals surface area (Å²) in [5.74, 6) is 1.44. The average molecular weight is 439 g/mol. The van der Waals surface area contributed by atoms with E-state index in [-0.39, 0.29) is 0 Å². The van der Waals surface area contributed by atoms with E-state index in [2.05, 4.69) is 102 Å². The standard InChI is InChI=1S/C14H14.C11H24.C7H16/c1-12(13-8-4-2-5-9-13)14-10-6-3-7-11-14;1-4-6-7-8-9-10-11(3)5-2;1-3-5-7-6-4-2/h2-12H,1H3;11H,4-10H2,1-3H3;3-7H2,1-2H3. The molecule has 32 heavy (non-hydrogen) atoms. The second-order valence-corrected chi connectivity index (χ2v) is 9.32. The first-order valence-corrected chi connectivity index (χ1v) is 13.7. The van der Waals surface area contributed by atoms with Gasteiger partial charge in [0.15, 0.2) is 0 Å². The maximum atomic E-state index is 2.36. The summed E-state index contributed by atoms with van der Waals surface area (Å²) in [5.41, 5.74) is 2.75. The summed E-state index contributed by atoms with van der Waals surface area (Å²) in [6, 6.07) is 21.2. The van der Waals surface area contributed by atoms with Gasteiger partial charge in [0.2, 0.25) is 0 Å². The number of unbranched alkanes of at least 4 members (excludes halogenated alkanes) is 8. The van der Waals surface area contributed by atoms with Crippen molar-refractivity contribution in [1.82, 2.24) is 0 Å². The fraction of sp³-hybridized carbons (Fsp3) is 0.625. The van der Waals surface area contributed by atoms with Crippen LogP contribution in [0.25, 0.3) is 0 Å². The van der Waals surface area contributed by atoms with Crippen LogP contribution < -0.4 is 0 Å². The summed E-state index contributed by atoms with van der Waals surface area (Å²) in [6.07, 6.45) is 17.0. The van der Waals surface area contributed by atoms with E-state index in [0.29, 0.717) is 5.92 Å². The number of rotatable bonds is 13. The van der Waals surface area contributed by atoms with E-state index in [1.807, 2.05) is 0 Å². The Morgan fingerprint density at radius 2 is 0.875 bits per heavy atom. The van der Waals surface area contributed by atoms with Crippen LogP contribution in [0.1, 0.15) is 136 Å². The third-order valence-corrected chi connectivity index (χ3v) is 6.30. The SMILES string of the molecule is CC(c1ccccc1)c1ccccc1.CCCCCCC.CCCCCCCC(C)CC. The number of hydrogen-bond donors (Lipinski definition) is 0. The van der Waals surface area contributed by atoms with Crippen molar-refractivity contribution in [2.45, 2.75) is 125 Å². The molecule has 0 radical (unpaired) electrons. The Morgan fingerprint density at radius 1 is 0.500 bits per heavy atom. The molecule has 0 saturated carbocycles. The maximum Gasteiger partial charge on any atom is 0.00610 e. The Morgan fingerprint density at radius 3 is 1.25 bits per heavy atom. The topological polar surface area (TPSA) is 0 Å². The molecule has 2 aromatic rings. The van der Waals surface area contributed by atoms with E-state index in [1.54, 1.807) is 0 Å². The van der Waals surface area contributed by atoms with Gasteiger partial charge in [0.1, 0.15) is 0 Å². The lowest BCUT2D eigenvalue weighted by molar-refractivity contribution is 0.474. The van der Waals surface area contributed by atoms with Crippen LogP contribution in [-0.4, -0.2) is 0 Å². The molecule has 0 bridgehead atoms.